The van der Waals surface area contributed by atoms with Crippen molar-refractivity contribution < 1.29 is 9.22 Å². The molecule has 6 aromatic rings. The van der Waals surface area contributed by atoms with Crippen molar-refractivity contribution in [3.05, 3.63) is 138 Å². The molecule has 5 atom stereocenters. The molecular formula is C41H41N2O+. The van der Waals surface area contributed by atoms with E-state index < -0.39 is 0 Å². The third kappa shape index (κ3) is 4.80. The number of para-hydroxylation sites is 1. The number of ether oxygens (including phenoxy) is 1. The van der Waals surface area contributed by atoms with E-state index in [4.69, 9.17) is 9.72 Å². The fraction of sp³-hybridized carbons (Fsp3) is 0.293. The third-order valence-electron chi connectivity index (χ3n) is 10.9. The monoisotopic (exact) mass is 577 g/mol. The van der Waals surface area contributed by atoms with Crippen LogP contribution in [0.25, 0.3) is 32.4 Å². The van der Waals surface area contributed by atoms with Gasteiger partial charge in [-0.1, -0.05) is 104 Å². The number of hydrogen-bond acceptors (Lipinski definition) is 2. The van der Waals surface area contributed by atoms with E-state index in [0.717, 1.165) is 28.4 Å². The van der Waals surface area contributed by atoms with Crippen LogP contribution in [-0.2, 0) is 17.9 Å². The molecule has 9 rings (SSSR count). The summed E-state index contributed by atoms with van der Waals surface area (Å²) in [6.07, 6.45) is 5.73. The molecule has 5 aromatic carbocycles. The molecule has 0 saturated carbocycles. The topological polar surface area (TPSA) is 22.1 Å². The molecule has 3 saturated heterocycles. The van der Waals surface area contributed by atoms with E-state index in [1.165, 1.54) is 76.0 Å². The van der Waals surface area contributed by atoms with Gasteiger partial charge in [0.25, 0.3) is 0 Å². The zero-order valence-electron chi connectivity index (χ0n) is 25.6. The van der Waals surface area contributed by atoms with Gasteiger partial charge in [0.15, 0.2) is 0 Å². The number of benzene rings is 5. The van der Waals surface area contributed by atoms with Crippen LogP contribution < -0.4 is 0 Å². The summed E-state index contributed by atoms with van der Waals surface area (Å²) in [6, 6.07) is 42.3. The Morgan fingerprint density at radius 1 is 0.795 bits per heavy atom. The summed E-state index contributed by atoms with van der Waals surface area (Å²) in [7, 11) is 0. The second-order valence-corrected chi connectivity index (χ2v) is 13.2. The predicted octanol–water partition coefficient (Wildman–Crippen LogP) is 9.63. The summed E-state index contributed by atoms with van der Waals surface area (Å²) < 4.78 is 8.26. The van der Waals surface area contributed by atoms with E-state index in [-0.39, 0.29) is 6.10 Å². The van der Waals surface area contributed by atoms with Gasteiger partial charge in [-0.05, 0) is 63.2 Å². The van der Waals surface area contributed by atoms with Crippen LogP contribution in [0, 0.1) is 11.8 Å². The maximum atomic E-state index is 7.18. The van der Waals surface area contributed by atoms with Crippen LogP contribution in [0.15, 0.2) is 121 Å². The van der Waals surface area contributed by atoms with Crippen molar-refractivity contribution in [3.63, 3.8) is 0 Å². The van der Waals surface area contributed by atoms with Crippen LogP contribution in [0.5, 0.6) is 0 Å². The molecule has 0 amide bonds. The number of aromatic nitrogens is 1. The van der Waals surface area contributed by atoms with Crippen molar-refractivity contribution >= 4 is 32.4 Å². The van der Waals surface area contributed by atoms with E-state index in [1.54, 1.807) is 0 Å². The number of nitrogens with zero attached hydrogens (tertiary/aromatic N) is 2. The summed E-state index contributed by atoms with van der Waals surface area (Å²) >= 11 is 0. The molecule has 220 valence electrons. The van der Waals surface area contributed by atoms with E-state index in [1.807, 2.05) is 6.20 Å². The Bertz CT molecular complexity index is 1880. The number of pyridine rings is 1. The van der Waals surface area contributed by atoms with Crippen molar-refractivity contribution in [1.29, 1.82) is 0 Å². The van der Waals surface area contributed by atoms with Gasteiger partial charge in [-0.2, -0.15) is 0 Å². The molecule has 44 heavy (non-hydrogen) atoms. The molecule has 3 aliphatic rings. The van der Waals surface area contributed by atoms with Crippen LogP contribution in [-0.4, -0.2) is 28.6 Å². The molecule has 0 spiro atoms. The average Bonchev–Trinajstić information content (AvgIpc) is 3.09. The number of rotatable bonds is 8. The Labute approximate surface area is 260 Å². The van der Waals surface area contributed by atoms with Crippen molar-refractivity contribution in [1.82, 2.24) is 4.98 Å². The molecule has 3 nitrogen and oxygen atoms in total. The summed E-state index contributed by atoms with van der Waals surface area (Å²) in [5, 5.41) is 6.69. The van der Waals surface area contributed by atoms with Crippen LogP contribution in [0.1, 0.15) is 49.0 Å². The molecule has 3 aliphatic heterocycles. The first kappa shape index (κ1) is 27.5. The smallest absolute Gasteiger partial charge is 0.135 e. The molecule has 0 radical (unpaired) electrons. The summed E-state index contributed by atoms with van der Waals surface area (Å²) in [5.41, 5.74) is 5.06. The Hall–Kier alpha value is -4.05. The van der Waals surface area contributed by atoms with E-state index in [2.05, 4.69) is 122 Å². The first-order chi connectivity index (χ1) is 21.7. The molecule has 4 heterocycles. The minimum atomic E-state index is -0.0232. The van der Waals surface area contributed by atoms with Crippen molar-refractivity contribution in [2.75, 3.05) is 13.1 Å². The van der Waals surface area contributed by atoms with E-state index in [0.29, 0.717) is 12.6 Å². The van der Waals surface area contributed by atoms with Crippen LogP contribution in [0.2, 0.25) is 0 Å². The number of piperidine rings is 3. The zero-order valence-corrected chi connectivity index (χ0v) is 25.6. The standard InChI is InChI=1S/C41H41N2O/c1-2-30-26-43(27-38-34-16-8-6-14-32(34)24-33-15-7-9-17-35(33)38)23-21-31(30)25-40(43)41(44-28-29-12-4-3-5-13-29)37-20-22-42-39-19-11-10-18-36(37)39/h3-20,22,24,30-31,40-41H,2,21,23,25-28H2,1H3/q+1/t30?,31?,40?,41-,43?/m1/s1. The van der Waals surface area contributed by atoms with Gasteiger partial charge in [0.2, 0.25) is 0 Å². The first-order valence-corrected chi connectivity index (χ1v) is 16.5. The van der Waals surface area contributed by atoms with Gasteiger partial charge in [0.1, 0.15) is 18.7 Å². The molecule has 1 aromatic heterocycles. The SMILES string of the molecule is CCC1C[N+]2(Cc3c4ccccc4cc4ccccc34)CCC1CC2[C@H](OCc1ccccc1)c1ccnc2ccccc12. The van der Waals surface area contributed by atoms with Gasteiger partial charge >= 0.3 is 0 Å². The zero-order chi connectivity index (χ0) is 29.5. The second kappa shape index (κ2) is 11.5. The molecule has 0 aliphatic carbocycles. The lowest BCUT2D eigenvalue weighted by molar-refractivity contribution is -0.985. The van der Waals surface area contributed by atoms with Gasteiger partial charge < -0.3 is 9.22 Å². The quantitative estimate of drug-likeness (QED) is 0.133. The van der Waals surface area contributed by atoms with Crippen molar-refractivity contribution in [2.45, 2.75) is 51.5 Å². The lowest BCUT2D eigenvalue weighted by Crippen LogP contribution is -2.67. The molecule has 2 bridgehead atoms. The lowest BCUT2D eigenvalue weighted by Gasteiger charge is -2.59. The highest BCUT2D eigenvalue weighted by Crippen LogP contribution is 2.50. The maximum Gasteiger partial charge on any atom is 0.135 e. The largest absolute Gasteiger partial charge is 0.363 e. The van der Waals surface area contributed by atoms with Crippen LogP contribution in [0.3, 0.4) is 0 Å². The van der Waals surface area contributed by atoms with Crippen LogP contribution in [0.4, 0.5) is 0 Å². The van der Waals surface area contributed by atoms with Gasteiger partial charge in [-0.25, -0.2) is 0 Å². The molecule has 4 unspecified atom stereocenters. The van der Waals surface area contributed by atoms with E-state index in [9.17, 15) is 0 Å². The minimum absolute atomic E-state index is 0.0232. The number of hydrogen-bond donors (Lipinski definition) is 0. The Balaban J connectivity index is 1.29. The minimum Gasteiger partial charge on any atom is -0.363 e. The number of fused-ring (bicyclic) bond motifs is 6. The predicted molar refractivity (Wildman–Crippen MR) is 181 cm³/mol. The fourth-order valence-corrected chi connectivity index (χ4v) is 8.77. The highest BCUT2D eigenvalue weighted by molar-refractivity contribution is 6.02. The van der Waals surface area contributed by atoms with E-state index >= 15 is 0 Å². The Morgan fingerprint density at radius 3 is 2.23 bits per heavy atom. The number of quaternary nitrogens is 1. The van der Waals surface area contributed by atoms with Gasteiger partial charge in [-0.15, -0.1) is 0 Å². The van der Waals surface area contributed by atoms with Crippen molar-refractivity contribution in [2.24, 2.45) is 11.8 Å². The Kier molecular flexibility index (Phi) is 7.16. The lowest BCUT2D eigenvalue weighted by atomic mass is 9.70. The molecule has 3 fully saturated rings. The summed E-state index contributed by atoms with van der Waals surface area (Å²) in [4.78, 5) is 4.75. The third-order valence-corrected chi connectivity index (χ3v) is 10.9. The Morgan fingerprint density at radius 2 is 1.48 bits per heavy atom. The molecule has 3 heteroatoms. The van der Waals surface area contributed by atoms with Crippen LogP contribution >= 0.6 is 0 Å². The van der Waals surface area contributed by atoms with Gasteiger partial charge in [0, 0.05) is 35.9 Å². The summed E-state index contributed by atoms with van der Waals surface area (Å²) in [5.74, 6) is 1.51. The van der Waals surface area contributed by atoms with Crippen molar-refractivity contribution in [3.8, 4) is 0 Å². The molecular weight excluding hydrogens is 536 g/mol. The van der Waals surface area contributed by atoms with Gasteiger partial charge in [0.05, 0.1) is 25.2 Å². The molecule has 0 N–H and O–H groups in total. The fourth-order valence-electron chi connectivity index (χ4n) is 8.77. The summed E-state index contributed by atoms with van der Waals surface area (Å²) in [6.45, 7) is 6.47. The second-order valence-electron chi connectivity index (χ2n) is 13.2. The first-order valence-electron chi connectivity index (χ1n) is 16.5. The highest BCUT2D eigenvalue weighted by Gasteiger charge is 2.55. The highest BCUT2D eigenvalue weighted by atomic mass is 16.5. The average molecular weight is 578 g/mol. The maximum absolute atomic E-state index is 7.18. The van der Waals surface area contributed by atoms with Gasteiger partial charge in [-0.3, -0.25) is 4.98 Å². The normalized spacial score (nSPS) is 23.8.